The quantitative estimate of drug-likeness (QED) is 0.257. The summed E-state index contributed by atoms with van der Waals surface area (Å²) in [5.74, 6) is -0.115. The number of unbranched alkanes of at least 4 members (excludes halogenated alkanes) is 1. The summed E-state index contributed by atoms with van der Waals surface area (Å²) < 4.78 is 19.8. The normalized spacial score (nSPS) is 20.7. The SMILES string of the molecule is CCCCC1(CC)CN(c2ccc(N)cc2)c2cc(Br)c(O/C=C/C(=O)O)cc2S(=O)C1. The molecule has 0 amide bonds. The molecule has 172 valence electrons. The van der Waals surface area contributed by atoms with E-state index in [1.807, 2.05) is 30.3 Å². The van der Waals surface area contributed by atoms with Gasteiger partial charge in [-0.15, -0.1) is 0 Å². The van der Waals surface area contributed by atoms with E-state index in [9.17, 15) is 9.00 Å². The molecule has 2 aromatic rings. The van der Waals surface area contributed by atoms with Gasteiger partial charge in [0.05, 0.1) is 38.2 Å². The lowest BCUT2D eigenvalue weighted by Crippen LogP contribution is -2.37. The van der Waals surface area contributed by atoms with E-state index in [-0.39, 0.29) is 5.41 Å². The van der Waals surface area contributed by atoms with E-state index in [0.717, 1.165) is 55.9 Å². The van der Waals surface area contributed by atoms with Crippen molar-refractivity contribution >= 4 is 49.8 Å². The molecule has 0 aliphatic carbocycles. The maximum atomic E-state index is 13.6. The Labute approximate surface area is 200 Å². The van der Waals surface area contributed by atoms with Gasteiger partial charge in [-0.05, 0) is 64.5 Å². The van der Waals surface area contributed by atoms with Crippen molar-refractivity contribution in [3.63, 3.8) is 0 Å². The molecule has 0 aromatic heterocycles. The van der Waals surface area contributed by atoms with Gasteiger partial charge in [0, 0.05) is 29.7 Å². The van der Waals surface area contributed by atoms with Crippen LogP contribution in [0.25, 0.3) is 0 Å². The number of hydrogen-bond acceptors (Lipinski definition) is 5. The van der Waals surface area contributed by atoms with Gasteiger partial charge in [-0.1, -0.05) is 26.7 Å². The lowest BCUT2D eigenvalue weighted by Gasteiger charge is -2.36. The number of carboxylic acid groups (broad SMARTS) is 1. The number of anilines is 3. The predicted molar refractivity (Wildman–Crippen MR) is 133 cm³/mol. The zero-order valence-electron chi connectivity index (χ0n) is 18.3. The van der Waals surface area contributed by atoms with Gasteiger partial charge in [-0.2, -0.15) is 0 Å². The molecular formula is C24H29BrN2O4S. The van der Waals surface area contributed by atoms with E-state index in [1.165, 1.54) is 0 Å². The average Bonchev–Trinajstić information content (AvgIpc) is 2.88. The molecule has 8 heteroatoms. The summed E-state index contributed by atoms with van der Waals surface area (Å²) in [5.41, 5.74) is 8.35. The third kappa shape index (κ3) is 5.53. The minimum absolute atomic E-state index is 0.0992. The van der Waals surface area contributed by atoms with Gasteiger partial charge >= 0.3 is 5.97 Å². The lowest BCUT2D eigenvalue weighted by atomic mass is 9.81. The van der Waals surface area contributed by atoms with Crippen molar-refractivity contribution in [1.82, 2.24) is 0 Å². The molecule has 3 rings (SSSR count). The molecule has 0 spiro atoms. The Kier molecular flexibility index (Phi) is 8.00. The van der Waals surface area contributed by atoms with Crippen LogP contribution in [0.2, 0.25) is 0 Å². The van der Waals surface area contributed by atoms with Gasteiger partial charge in [0.15, 0.2) is 0 Å². The highest BCUT2D eigenvalue weighted by atomic mass is 79.9. The molecule has 1 aliphatic rings. The third-order valence-electron chi connectivity index (χ3n) is 5.90. The number of halogens is 1. The molecular weight excluding hydrogens is 492 g/mol. The van der Waals surface area contributed by atoms with Crippen molar-refractivity contribution in [2.75, 3.05) is 22.9 Å². The van der Waals surface area contributed by atoms with Crippen LogP contribution in [0.4, 0.5) is 17.1 Å². The Morgan fingerprint density at radius 2 is 2.03 bits per heavy atom. The first-order chi connectivity index (χ1) is 15.3. The Morgan fingerprint density at radius 3 is 2.66 bits per heavy atom. The van der Waals surface area contributed by atoms with E-state index < -0.39 is 16.8 Å². The summed E-state index contributed by atoms with van der Waals surface area (Å²) in [7, 11) is -1.24. The summed E-state index contributed by atoms with van der Waals surface area (Å²) in [4.78, 5) is 13.7. The molecule has 6 nitrogen and oxygen atoms in total. The van der Waals surface area contributed by atoms with Crippen molar-refractivity contribution < 1.29 is 18.8 Å². The molecule has 32 heavy (non-hydrogen) atoms. The fourth-order valence-electron chi connectivity index (χ4n) is 3.97. The highest BCUT2D eigenvalue weighted by Crippen LogP contribution is 2.45. The zero-order chi connectivity index (χ0) is 23.3. The van der Waals surface area contributed by atoms with Crippen LogP contribution in [0.5, 0.6) is 5.75 Å². The van der Waals surface area contributed by atoms with Gasteiger partial charge < -0.3 is 20.5 Å². The topological polar surface area (TPSA) is 92.9 Å². The highest BCUT2D eigenvalue weighted by Gasteiger charge is 2.38. The molecule has 1 aliphatic heterocycles. The van der Waals surface area contributed by atoms with Crippen LogP contribution in [-0.2, 0) is 15.6 Å². The second kappa shape index (κ2) is 10.5. The van der Waals surface area contributed by atoms with Gasteiger partial charge in [0.2, 0.25) is 0 Å². The van der Waals surface area contributed by atoms with E-state index in [1.54, 1.807) is 6.07 Å². The Morgan fingerprint density at radius 1 is 1.31 bits per heavy atom. The number of benzene rings is 2. The number of aliphatic carboxylic acids is 1. The van der Waals surface area contributed by atoms with E-state index >= 15 is 0 Å². The molecule has 0 saturated carbocycles. The van der Waals surface area contributed by atoms with Crippen LogP contribution in [0.15, 0.2) is 58.1 Å². The molecule has 0 bridgehead atoms. The number of rotatable bonds is 8. The summed E-state index contributed by atoms with van der Waals surface area (Å²) in [6, 6.07) is 11.4. The van der Waals surface area contributed by atoms with Crippen LogP contribution >= 0.6 is 15.9 Å². The fourth-order valence-corrected chi connectivity index (χ4v) is 6.19. The minimum atomic E-state index is -1.24. The van der Waals surface area contributed by atoms with Crippen molar-refractivity contribution in [2.45, 2.75) is 44.4 Å². The van der Waals surface area contributed by atoms with Crippen LogP contribution in [0, 0.1) is 5.41 Å². The van der Waals surface area contributed by atoms with Crippen molar-refractivity contribution in [1.29, 1.82) is 0 Å². The number of nitrogens with two attached hydrogens (primary N) is 1. The minimum Gasteiger partial charge on any atom is -0.478 e. The number of nitrogens with zero attached hydrogens (tertiary/aromatic N) is 1. The first-order valence-electron chi connectivity index (χ1n) is 10.7. The first-order valence-corrected chi connectivity index (χ1v) is 12.8. The largest absolute Gasteiger partial charge is 0.478 e. The van der Waals surface area contributed by atoms with Gasteiger partial charge in [-0.25, -0.2) is 4.79 Å². The first kappa shape index (κ1) is 24.3. The van der Waals surface area contributed by atoms with Crippen LogP contribution in [0.3, 0.4) is 0 Å². The predicted octanol–water partition coefficient (Wildman–Crippen LogP) is 5.85. The molecule has 3 N–H and O–H groups in total. The smallest absolute Gasteiger partial charge is 0.331 e. The molecule has 0 radical (unpaired) electrons. The van der Waals surface area contributed by atoms with Gasteiger partial charge in [0.25, 0.3) is 0 Å². The maximum Gasteiger partial charge on any atom is 0.331 e. The van der Waals surface area contributed by atoms with E-state index in [4.69, 9.17) is 15.6 Å². The summed E-state index contributed by atoms with van der Waals surface area (Å²) in [6.45, 7) is 5.10. The monoisotopic (exact) mass is 520 g/mol. The number of hydrogen-bond donors (Lipinski definition) is 2. The standard InChI is InChI=1S/C24H29BrN2O4S/c1-3-5-11-24(4-2)15-27(18-8-6-17(26)7-9-18)20-13-19(25)21(31-12-10-23(28)29)14-22(20)32(30)16-24/h6-10,12-14H,3-5,11,15-16,26H2,1-2H3,(H,28,29)/b12-10+. The average molecular weight is 521 g/mol. The molecule has 1 heterocycles. The van der Waals surface area contributed by atoms with Crippen LogP contribution in [0.1, 0.15) is 39.5 Å². The van der Waals surface area contributed by atoms with E-state index in [0.29, 0.717) is 26.6 Å². The van der Waals surface area contributed by atoms with Gasteiger partial charge in [0.1, 0.15) is 5.75 Å². The van der Waals surface area contributed by atoms with Gasteiger partial charge in [-0.3, -0.25) is 4.21 Å². The number of ether oxygens (including phenoxy) is 1. The maximum absolute atomic E-state index is 13.6. The summed E-state index contributed by atoms with van der Waals surface area (Å²) >= 11 is 3.54. The molecule has 0 fully saturated rings. The Bertz CT molecular complexity index is 1030. The number of carboxylic acids is 1. The third-order valence-corrected chi connectivity index (χ3v) is 8.21. The Balaban J connectivity index is 2.12. The van der Waals surface area contributed by atoms with Crippen LogP contribution < -0.4 is 15.4 Å². The zero-order valence-corrected chi connectivity index (χ0v) is 20.7. The second-order valence-electron chi connectivity index (χ2n) is 8.13. The lowest BCUT2D eigenvalue weighted by molar-refractivity contribution is -0.131. The van der Waals surface area contributed by atoms with Crippen molar-refractivity contribution in [3.05, 3.63) is 53.2 Å². The fraction of sp³-hybridized carbons (Fsp3) is 0.375. The molecule has 2 unspecified atom stereocenters. The van der Waals surface area contributed by atoms with Crippen LogP contribution in [-0.4, -0.2) is 27.6 Å². The second-order valence-corrected chi connectivity index (χ2v) is 10.4. The van der Waals surface area contributed by atoms with Crippen molar-refractivity contribution in [3.8, 4) is 5.75 Å². The molecule has 0 saturated heterocycles. The highest BCUT2D eigenvalue weighted by molar-refractivity contribution is 9.10. The Hall–Kier alpha value is -2.32. The molecule has 2 aromatic carbocycles. The number of carbonyl (C=O) groups is 1. The summed E-state index contributed by atoms with van der Waals surface area (Å²) in [6.07, 6.45) is 6.12. The number of fused-ring (bicyclic) bond motifs is 1. The molecule has 2 atom stereocenters. The van der Waals surface area contributed by atoms with Crippen molar-refractivity contribution in [2.24, 2.45) is 5.41 Å². The number of nitrogen functional groups attached to an aromatic ring is 1. The summed E-state index contributed by atoms with van der Waals surface area (Å²) in [5, 5.41) is 8.83. The van der Waals surface area contributed by atoms with E-state index in [2.05, 4.69) is 34.7 Å².